The van der Waals surface area contributed by atoms with Gasteiger partial charge in [-0.15, -0.1) is 29.3 Å². The minimum absolute atomic E-state index is 0.0468. The molecule has 0 N–H and O–H groups in total. The van der Waals surface area contributed by atoms with Crippen molar-refractivity contribution in [2.24, 2.45) is 0 Å². The highest BCUT2D eigenvalue weighted by molar-refractivity contribution is 7.98. The molecule has 6 nitrogen and oxygen atoms in total. The number of aromatic nitrogens is 4. The first-order valence-corrected chi connectivity index (χ1v) is 11.1. The van der Waals surface area contributed by atoms with Gasteiger partial charge < -0.3 is 4.52 Å². The number of thioether (sulfide) groups is 1. The summed E-state index contributed by atoms with van der Waals surface area (Å²) < 4.78 is 6.80. The zero-order valence-corrected chi connectivity index (χ0v) is 17.0. The molecule has 138 valence electrons. The monoisotopic (exact) mass is 416 g/mol. The van der Waals surface area contributed by atoms with Crippen molar-refractivity contribution < 1.29 is 4.52 Å². The van der Waals surface area contributed by atoms with Crippen molar-refractivity contribution in [2.45, 2.75) is 30.8 Å². The second kappa shape index (κ2) is 7.79. The molecule has 0 saturated carbocycles. The van der Waals surface area contributed by atoms with Crippen LogP contribution in [0.15, 0.2) is 50.0 Å². The van der Waals surface area contributed by atoms with E-state index in [0.29, 0.717) is 41.0 Å². The lowest BCUT2D eigenvalue weighted by atomic mass is 10.2. The van der Waals surface area contributed by atoms with Crippen molar-refractivity contribution in [3.63, 3.8) is 0 Å². The molecule has 9 heteroatoms. The van der Waals surface area contributed by atoms with E-state index in [0.717, 1.165) is 15.3 Å². The third-order valence-corrected chi connectivity index (χ3v) is 6.65. The molecule has 27 heavy (non-hydrogen) atoms. The predicted molar refractivity (Wildman–Crippen MR) is 111 cm³/mol. The highest BCUT2D eigenvalue weighted by Gasteiger charge is 2.18. The van der Waals surface area contributed by atoms with E-state index in [-0.39, 0.29) is 5.56 Å². The first-order chi connectivity index (χ1) is 13.2. The number of hydrogen-bond acceptors (Lipinski definition) is 8. The molecule has 0 atom stereocenters. The average Bonchev–Trinajstić information content (AvgIpc) is 3.42. The van der Waals surface area contributed by atoms with Gasteiger partial charge in [0.15, 0.2) is 11.0 Å². The Bertz CT molecular complexity index is 1140. The van der Waals surface area contributed by atoms with Crippen LogP contribution in [0.2, 0.25) is 0 Å². The Morgan fingerprint density at radius 3 is 2.96 bits per heavy atom. The van der Waals surface area contributed by atoms with E-state index in [4.69, 9.17) is 9.51 Å². The molecule has 4 rings (SSSR count). The Morgan fingerprint density at radius 1 is 1.37 bits per heavy atom. The first-order valence-electron chi connectivity index (χ1n) is 8.32. The molecule has 4 aromatic heterocycles. The summed E-state index contributed by atoms with van der Waals surface area (Å²) in [6, 6.07) is 4.01. The van der Waals surface area contributed by atoms with Crippen molar-refractivity contribution in [2.75, 3.05) is 0 Å². The number of thiophene rings is 2. The number of rotatable bonds is 7. The van der Waals surface area contributed by atoms with Crippen LogP contribution in [0.4, 0.5) is 0 Å². The normalized spacial score (nSPS) is 11.3. The van der Waals surface area contributed by atoms with Gasteiger partial charge in [0.05, 0.1) is 11.1 Å². The summed E-state index contributed by atoms with van der Waals surface area (Å²) in [7, 11) is 0. The Kier molecular flexibility index (Phi) is 5.24. The van der Waals surface area contributed by atoms with Crippen LogP contribution in [-0.2, 0) is 18.7 Å². The summed E-state index contributed by atoms with van der Waals surface area (Å²) in [4.78, 5) is 24.1. The lowest BCUT2D eigenvalue weighted by molar-refractivity contribution is 0.378. The summed E-state index contributed by atoms with van der Waals surface area (Å²) in [5.74, 6) is 1.69. The number of allylic oxidation sites excluding steroid dienone is 1. The van der Waals surface area contributed by atoms with Crippen LogP contribution in [0, 0.1) is 0 Å². The second-order valence-corrected chi connectivity index (χ2v) is 8.40. The van der Waals surface area contributed by atoms with Crippen molar-refractivity contribution >= 4 is 44.7 Å². The van der Waals surface area contributed by atoms with E-state index in [9.17, 15) is 4.79 Å². The predicted octanol–water partition coefficient (Wildman–Crippen LogP) is 4.61. The second-order valence-electron chi connectivity index (χ2n) is 5.65. The van der Waals surface area contributed by atoms with Crippen molar-refractivity contribution in [1.82, 2.24) is 19.7 Å². The lowest BCUT2D eigenvalue weighted by Gasteiger charge is -2.09. The molecule has 0 spiro atoms. The van der Waals surface area contributed by atoms with Gasteiger partial charge in [0.1, 0.15) is 4.83 Å². The molecule has 0 aliphatic rings. The standard InChI is InChI=1S/C18H16N4O2S3/c1-3-7-22-17(23)15-11(12-6-5-8-25-12)9-26-16(15)20-18(22)27-10-13-19-14(4-2)24-21-13/h3,5-6,8-9H,1,4,7,10H2,2H3. The third kappa shape index (κ3) is 3.50. The topological polar surface area (TPSA) is 73.8 Å². The van der Waals surface area contributed by atoms with Gasteiger partial charge in [0.2, 0.25) is 5.89 Å². The van der Waals surface area contributed by atoms with Crippen LogP contribution in [0.5, 0.6) is 0 Å². The van der Waals surface area contributed by atoms with Gasteiger partial charge in [-0.1, -0.05) is 36.0 Å². The summed E-state index contributed by atoms with van der Waals surface area (Å²) >= 11 is 4.54. The van der Waals surface area contributed by atoms with Crippen LogP contribution in [0.1, 0.15) is 18.6 Å². The molecule has 0 bridgehead atoms. The zero-order chi connectivity index (χ0) is 18.8. The van der Waals surface area contributed by atoms with Crippen molar-refractivity contribution in [1.29, 1.82) is 0 Å². The van der Waals surface area contributed by atoms with Gasteiger partial charge in [-0.2, -0.15) is 4.98 Å². The minimum Gasteiger partial charge on any atom is -0.339 e. The largest absolute Gasteiger partial charge is 0.339 e. The number of fused-ring (bicyclic) bond motifs is 1. The SMILES string of the molecule is C=CCn1c(SCc2noc(CC)n2)nc2scc(-c3cccs3)c2c1=O. The van der Waals surface area contributed by atoms with E-state index in [1.165, 1.54) is 23.1 Å². The fourth-order valence-corrected chi connectivity index (χ4v) is 5.30. The Hall–Kier alpha value is -2.23. The van der Waals surface area contributed by atoms with Crippen molar-refractivity contribution in [3.05, 3.63) is 57.6 Å². The van der Waals surface area contributed by atoms with Crippen LogP contribution in [-0.4, -0.2) is 19.7 Å². The highest BCUT2D eigenvalue weighted by atomic mass is 32.2. The summed E-state index contributed by atoms with van der Waals surface area (Å²) in [5.41, 5.74) is 0.900. The maximum absolute atomic E-state index is 13.2. The van der Waals surface area contributed by atoms with E-state index in [1.54, 1.807) is 22.0 Å². The number of aryl methyl sites for hydroxylation is 1. The van der Waals surface area contributed by atoms with Gasteiger partial charge in [-0.3, -0.25) is 9.36 Å². The Morgan fingerprint density at radius 2 is 2.26 bits per heavy atom. The molecule has 0 amide bonds. The minimum atomic E-state index is -0.0468. The van der Waals surface area contributed by atoms with E-state index < -0.39 is 0 Å². The summed E-state index contributed by atoms with van der Waals surface area (Å²) in [6.45, 7) is 6.14. The van der Waals surface area contributed by atoms with E-state index in [2.05, 4.69) is 16.7 Å². The molecule has 0 aromatic carbocycles. The maximum atomic E-state index is 13.2. The number of hydrogen-bond donors (Lipinski definition) is 0. The van der Waals surface area contributed by atoms with E-state index in [1.807, 2.05) is 29.8 Å². The Balaban J connectivity index is 1.75. The zero-order valence-electron chi connectivity index (χ0n) is 14.5. The highest BCUT2D eigenvalue weighted by Crippen LogP contribution is 2.34. The molecular weight excluding hydrogens is 400 g/mol. The third-order valence-electron chi connectivity index (χ3n) is 3.90. The molecule has 0 aliphatic heterocycles. The molecule has 0 radical (unpaired) electrons. The Labute approximate surface area is 167 Å². The van der Waals surface area contributed by atoms with Crippen LogP contribution >= 0.6 is 34.4 Å². The summed E-state index contributed by atoms with van der Waals surface area (Å²) in [5, 5.41) is 9.28. The van der Waals surface area contributed by atoms with Gasteiger partial charge in [0.25, 0.3) is 5.56 Å². The average molecular weight is 417 g/mol. The summed E-state index contributed by atoms with van der Waals surface area (Å²) in [6.07, 6.45) is 2.41. The molecule has 4 heterocycles. The molecular formula is C18H16N4O2S3. The van der Waals surface area contributed by atoms with Gasteiger partial charge >= 0.3 is 0 Å². The smallest absolute Gasteiger partial charge is 0.263 e. The van der Waals surface area contributed by atoms with Crippen LogP contribution in [0.25, 0.3) is 20.7 Å². The van der Waals surface area contributed by atoms with Crippen molar-refractivity contribution in [3.8, 4) is 10.4 Å². The molecule has 0 saturated heterocycles. The van der Waals surface area contributed by atoms with Gasteiger partial charge in [0, 0.05) is 28.8 Å². The fraction of sp³-hybridized carbons (Fsp3) is 0.222. The van der Waals surface area contributed by atoms with Gasteiger partial charge in [-0.25, -0.2) is 4.98 Å². The quantitative estimate of drug-likeness (QED) is 0.249. The lowest BCUT2D eigenvalue weighted by Crippen LogP contribution is -2.22. The molecule has 0 fully saturated rings. The fourth-order valence-electron chi connectivity index (χ4n) is 2.64. The maximum Gasteiger partial charge on any atom is 0.263 e. The first kappa shape index (κ1) is 18.1. The van der Waals surface area contributed by atoms with Crippen LogP contribution < -0.4 is 5.56 Å². The molecule has 0 aliphatic carbocycles. The van der Waals surface area contributed by atoms with Crippen LogP contribution in [0.3, 0.4) is 0 Å². The van der Waals surface area contributed by atoms with E-state index >= 15 is 0 Å². The number of nitrogens with zero attached hydrogens (tertiary/aromatic N) is 4. The molecule has 4 aromatic rings. The van der Waals surface area contributed by atoms with Gasteiger partial charge in [-0.05, 0) is 11.4 Å². The molecule has 0 unspecified atom stereocenters.